The quantitative estimate of drug-likeness (QED) is 0.0164. The zero-order chi connectivity index (χ0) is 49.5. The van der Waals surface area contributed by atoms with Gasteiger partial charge in [-0.3, -0.25) is 39.0 Å². The summed E-state index contributed by atoms with van der Waals surface area (Å²) < 4.78 is 42.8. The molecule has 0 radical (unpaired) electrons. The summed E-state index contributed by atoms with van der Waals surface area (Å²) in [6, 6.07) is 8.38. The number of nitrogens with zero attached hydrogens (tertiary/aromatic N) is 2. The number of hydrogen-bond donors (Lipinski definition) is 5. The molecular weight excluding hydrogens is 899 g/mol. The van der Waals surface area contributed by atoms with E-state index in [1.807, 2.05) is 0 Å². The van der Waals surface area contributed by atoms with Gasteiger partial charge in [0.2, 0.25) is 17.7 Å². The summed E-state index contributed by atoms with van der Waals surface area (Å²) in [6.45, 7) is 7.27. The van der Waals surface area contributed by atoms with Crippen LogP contribution in [0, 0.1) is 16.0 Å². The minimum absolute atomic E-state index is 0.0353. The van der Waals surface area contributed by atoms with Crippen LogP contribution in [0.25, 0.3) is 0 Å². The molecule has 0 aliphatic carbocycles. The second kappa shape index (κ2) is 32.2. The fraction of sp³-hybridized carbons (Fsp3) is 0.523. The van der Waals surface area contributed by atoms with E-state index in [-0.39, 0.29) is 94.6 Å². The summed E-state index contributed by atoms with van der Waals surface area (Å²) in [7, 11) is 0. The second-order valence-electron chi connectivity index (χ2n) is 14.9. The molecule has 1 aliphatic rings. The van der Waals surface area contributed by atoms with Crippen LogP contribution >= 0.6 is 0 Å². The van der Waals surface area contributed by atoms with Gasteiger partial charge in [0.25, 0.3) is 17.5 Å². The van der Waals surface area contributed by atoms with E-state index in [1.165, 1.54) is 36.4 Å². The second-order valence-corrected chi connectivity index (χ2v) is 14.9. The maximum atomic E-state index is 13.5. The Morgan fingerprint density at radius 3 is 1.75 bits per heavy atom. The lowest BCUT2D eigenvalue weighted by molar-refractivity contribution is -0.384. The number of nitro groups is 1. The number of urea groups is 1. The molecule has 24 nitrogen and oxygen atoms in total. The highest BCUT2D eigenvalue weighted by Gasteiger charge is 2.29. The Bertz CT molecular complexity index is 1930. The normalized spacial score (nSPS) is 13.0. The van der Waals surface area contributed by atoms with Crippen LogP contribution in [0.5, 0.6) is 5.75 Å². The van der Waals surface area contributed by atoms with Crippen molar-refractivity contribution < 1.29 is 76.4 Å². The zero-order valence-electron chi connectivity index (χ0n) is 38.1. The number of anilines is 1. The highest BCUT2D eigenvalue weighted by atomic mass is 16.7. The fourth-order valence-electron chi connectivity index (χ4n) is 5.82. The van der Waals surface area contributed by atoms with Gasteiger partial charge in [0.05, 0.1) is 90.8 Å². The number of rotatable bonds is 35. The van der Waals surface area contributed by atoms with Crippen molar-refractivity contribution in [3.05, 3.63) is 76.4 Å². The van der Waals surface area contributed by atoms with Gasteiger partial charge in [-0.05, 0) is 48.6 Å². The van der Waals surface area contributed by atoms with Gasteiger partial charge in [-0.2, -0.15) is 0 Å². The van der Waals surface area contributed by atoms with Gasteiger partial charge in [0, 0.05) is 42.9 Å². The molecule has 0 unspecified atom stereocenters. The Labute approximate surface area is 392 Å². The molecule has 0 saturated carbocycles. The number of nitrogens with one attached hydrogen (secondary N) is 4. The number of benzene rings is 2. The van der Waals surface area contributed by atoms with Crippen molar-refractivity contribution >= 4 is 53.1 Å². The van der Waals surface area contributed by atoms with Crippen molar-refractivity contribution in [2.45, 2.75) is 51.8 Å². The predicted molar refractivity (Wildman–Crippen MR) is 240 cm³/mol. The van der Waals surface area contributed by atoms with Crippen LogP contribution in [0.3, 0.4) is 0 Å². The SMILES string of the molecule is CC(C)[C@H](NC(=O)CCOCCOCCOCCOCCOCCOCCN1C(=O)C=CC1=O)C(=O)N[C@@H](CCCNC(N)=O)C(=O)Nc1ccc(COC(=O)Oc2ccc([N+](=O)[O-])cc2)cc1. The summed E-state index contributed by atoms with van der Waals surface area (Å²) in [5, 5.41) is 21.4. The van der Waals surface area contributed by atoms with Crippen LogP contribution < -0.4 is 31.7 Å². The molecule has 1 heterocycles. The van der Waals surface area contributed by atoms with Crippen LogP contribution in [0.2, 0.25) is 0 Å². The largest absolute Gasteiger partial charge is 0.514 e. The van der Waals surface area contributed by atoms with Crippen molar-refractivity contribution in [1.82, 2.24) is 20.9 Å². The summed E-state index contributed by atoms with van der Waals surface area (Å²) in [6.07, 6.45) is 1.78. The predicted octanol–water partition coefficient (Wildman–Crippen LogP) is 1.74. The number of primary amides is 1. The summed E-state index contributed by atoms with van der Waals surface area (Å²) >= 11 is 0. The number of nitro benzene ring substituents is 1. The minimum Gasteiger partial charge on any atom is -0.429 e. The molecular formula is C44H61N7O17. The number of hydrogen-bond acceptors (Lipinski definition) is 17. The molecule has 2 atom stereocenters. The molecule has 0 bridgehead atoms. The Hall–Kier alpha value is -6.57. The molecule has 3 rings (SSSR count). The molecule has 7 amide bonds. The molecule has 2 aromatic rings. The summed E-state index contributed by atoms with van der Waals surface area (Å²) in [4.78, 5) is 97.3. The van der Waals surface area contributed by atoms with E-state index in [9.17, 15) is 43.7 Å². The number of ether oxygens (including phenoxy) is 8. The van der Waals surface area contributed by atoms with Gasteiger partial charge in [-0.15, -0.1) is 0 Å². The third-order valence-electron chi connectivity index (χ3n) is 9.39. The first-order chi connectivity index (χ1) is 32.7. The lowest BCUT2D eigenvalue weighted by Gasteiger charge is -2.25. The van der Waals surface area contributed by atoms with Crippen LogP contribution in [0.1, 0.15) is 38.7 Å². The van der Waals surface area contributed by atoms with Crippen molar-refractivity contribution in [3.8, 4) is 5.75 Å². The molecule has 68 heavy (non-hydrogen) atoms. The van der Waals surface area contributed by atoms with Crippen molar-refractivity contribution in [2.24, 2.45) is 11.7 Å². The van der Waals surface area contributed by atoms with Gasteiger partial charge in [0.15, 0.2) is 0 Å². The van der Waals surface area contributed by atoms with E-state index in [0.717, 1.165) is 4.90 Å². The fourth-order valence-corrected chi connectivity index (χ4v) is 5.82. The van der Waals surface area contributed by atoms with E-state index in [2.05, 4.69) is 21.3 Å². The molecule has 24 heteroatoms. The average Bonchev–Trinajstić information content (AvgIpc) is 3.63. The van der Waals surface area contributed by atoms with E-state index in [1.54, 1.807) is 38.1 Å². The van der Waals surface area contributed by atoms with Crippen LogP contribution in [0.15, 0.2) is 60.7 Å². The van der Waals surface area contributed by atoms with Gasteiger partial charge in [0.1, 0.15) is 24.4 Å². The number of non-ortho nitro benzene ring substituents is 1. The zero-order valence-corrected chi connectivity index (χ0v) is 38.1. The molecule has 6 N–H and O–H groups in total. The monoisotopic (exact) mass is 959 g/mol. The first-order valence-corrected chi connectivity index (χ1v) is 21.8. The molecule has 374 valence electrons. The number of carbonyl (C=O) groups is 7. The molecule has 2 aromatic carbocycles. The summed E-state index contributed by atoms with van der Waals surface area (Å²) in [5.41, 5.74) is 5.91. The molecule has 0 spiro atoms. The lowest BCUT2D eigenvalue weighted by Crippen LogP contribution is -2.54. The topological polar surface area (TPSA) is 314 Å². The molecule has 1 aliphatic heterocycles. The van der Waals surface area contributed by atoms with E-state index in [0.29, 0.717) is 64.1 Å². The molecule has 0 saturated heterocycles. The first kappa shape index (κ1) is 55.8. The third kappa shape index (κ3) is 23.2. The molecule has 0 aromatic heterocycles. The van der Waals surface area contributed by atoms with Gasteiger partial charge < -0.3 is 64.9 Å². The Morgan fingerprint density at radius 2 is 1.24 bits per heavy atom. The summed E-state index contributed by atoms with van der Waals surface area (Å²) in [5.74, 6) is -2.58. The minimum atomic E-state index is -1.07. The van der Waals surface area contributed by atoms with Crippen LogP contribution in [0.4, 0.5) is 21.0 Å². The van der Waals surface area contributed by atoms with Crippen LogP contribution in [-0.2, 0) is 63.7 Å². The number of amides is 7. The standard InChI is InChI=1S/C44H61N7O17/c1-31(2)40(49-37(52)15-18-61-20-22-63-24-26-65-28-29-66-27-25-64-23-21-62-19-17-50-38(53)13-14-39(50)54)42(56)48-36(4-3-16-46-43(45)57)41(55)47-33-7-5-32(6-8-33)30-67-44(58)68-35-11-9-34(10-12-35)51(59)60/h5-14,31,36,40H,3-4,15-30H2,1-2H3,(H,47,55)(H,48,56)(H,49,52)(H3,45,46,57)/t36-,40-/m0/s1. The van der Waals surface area contributed by atoms with E-state index >= 15 is 0 Å². The first-order valence-electron chi connectivity index (χ1n) is 21.8. The smallest absolute Gasteiger partial charge is 0.429 e. The number of nitrogens with two attached hydrogens (primary N) is 1. The van der Waals surface area contributed by atoms with Gasteiger partial charge >= 0.3 is 12.2 Å². The van der Waals surface area contributed by atoms with E-state index in [4.69, 9.17) is 43.6 Å². The highest BCUT2D eigenvalue weighted by Crippen LogP contribution is 2.18. The maximum absolute atomic E-state index is 13.5. The van der Waals surface area contributed by atoms with E-state index < -0.39 is 46.9 Å². The van der Waals surface area contributed by atoms with Crippen molar-refractivity contribution in [2.75, 3.05) is 97.7 Å². The van der Waals surface area contributed by atoms with Gasteiger partial charge in [-0.1, -0.05) is 26.0 Å². The van der Waals surface area contributed by atoms with Gasteiger partial charge in [-0.25, -0.2) is 9.59 Å². The maximum Gasteiger partial charge on any atom is 0.514 e. The lowest BCUT2D eigenvalue weighted by atomic mass is 10.0. The highest BCUT2D eigenvalue weighted by molar-refractivity contribution is 6.12. The third-order valence-corrected chi connectivity index (χ3v) is 9.39. The number of imide groups is 1. The number of carbonyl (C=O) groups excluding carboxylic acids is 7. The Kier molecular flexibility index (Phi) is 26.4. The Morgan fingerprint density at radius 1 is 0.706 bits per heavy atom. The Balaban J connectivity index is 1.27. The molecule has 0 fully saturated rings. The van der Waals surface area contributed by atoms with Crippen LogP contribution in [-0.4, -0.2) is 156 Å². The van der Waals surface area contributed by atoms with Crippen molar-refractivity contribution in [3.63, 3.8) is 0 Å². The van der Waals surface area contributed by atoms with Crippen molar-refractivity contribution in [1.29, 1.82) is 0 Å². The average molecular weight is 960 g/mol.